The summed E-state index contributed by atoms with van der Waals surface area (Å²) < 4.78 is 0. The third-order valence-electron chi connectivity index (χ3n) is 4.51. The largest absolute Gasteiger partial charge is 0.378 e. The quantitative estimate of drug-likeness (QED) is 0.865. The maximum absolute atomic E-state index is 11.2. The molecule has 2 heterocycles. The molecule has 1 aliphatic heterocycles. The molecule has 7 nitrogen and oxygen atoms in total. The Hall–Kier alpha value is -2.83. The third kappa shape index (κ3) is 4.17. The number of nitrogens with two attached hydrogens (primary N) is 1. The van der Waals surface area contributed by atoms with E-state index in [1.165, 1.54) is 0 Å². The van der Waals surface area contributed by atoms with E-state index in [1.54, 1.807) is 0 Å². The molecule has 1 fully saturated rings. The Morgan fingerprint density at radius 3 is 2.56 bits per heavy atom. The van der Waals surface area contributed by atoms with Crippen molar-refractivity contribution in [2.24, 2.45) is 11.7 Å². The molecular weight excluding hydrogens is 316 g/mol. The summed E-state index contributed by atoms with van der Waals surface area (Å²) >= 11 is 0. The number of piperidine rings is 1. The average Bonchev–Trinajstić information content (AvgIpc) is 2.63. The molecule has 0 radical (unpaired) electrons. The van der Waals surface area contributed by atoms with Crippen molar-refractivity contribution < 1.29 is 4.79 Å². The highest BCUT2D eigenvalue weighted by molar-refractivity contribution is 5.77. The normalized spacial score (nSPS) is 15.0. The van der Waals surface area contributed by atoms with Crippen LogP contribution in [0.2, 0.25) is 0 Å². The van der Waals surface area contributed by atoms with Gasteiger partial charge in [-0.25, -0.2) is 0 Å². The molecule has 3 N–H and O–H groups in total. The van der Waals surface area contributed by atoms with Crippen molar-refractivity contribution in [3.8, 4) is 0 Å². The van der Waals surface area contributed by atoms with Crippen molar-refractivity contribution in [1.82, 2.24) is 10.2 Å². The monoisotopic (exact) mass is 340 g/mol. The molecule has 1 amide bonds. The van der Waals surface area contributed by atoms with E-state index in [0.717, 1.165) is 43.1 Å². The van der Waals surface area contributed by atoms with Gasteiger partial charge in [-0.2, -0.15) is 0 Å². The number of aromatic nitrogens is 2. The molecule has 2 aromatic rings. The lowest BCUT2D eigenvalue weighted by Gasteiger charge is -2.31. The number of carbonyl (C=O) groups is 1. The molecule has 1 aromatic heterocycles. The minimum Gasteiger partial charge on any atom is -0.378 e. The zero-order valence-electron chi connectivity index (χ0n) is 14.6. The second-order valence-electron chi connectivity index (χ2n) is 6.51. The number of hydrogen-bond acceptors (Lipinski definition) is 6. The van der Waals surface area contributed by atoms with Crippen molar-refractivity contribution in [3.63, 3.8) is 0 Å². The van der Waals surface area contributed by atoms with E-state index in [2.05, 4.69) is 37.4 Å². The number of nitrogens with zero attached hydrogens (tertiary/aromatic N) is 4. The first-order chi connectivity index (χ1) is 12.0. The first-order valence-corrected chi connectivity index (χ1v) is 8.45. The number of benzene rings is 1. The van der Waals surface area contributed by atoms with Gasteiger partial charge in [0.25, 0.3) is 0 Å². The maximum Gasteiger partial charge on any atom is 0.220 e. The zero-order chi connectivity index (χ0) is 17.8. The molecular formula is C18H24N6O. The first-order valence-electron chi connectivity index (χ1n) is 8.45. The lowest BCUT2D eigenvalue weighted by molar-refractivity contribution is -0.122. The fourth-order valence-electron chi connectivity index (χ4n) is 2.96. The fraction of sp³-hybridized carbons (Fsp3) is 0.389. The fourth-order valence-corrected chi connectivity index (χ4v) is 2.96. The predicted octanol–water partition coefficient (Wildman–Crippen LogP) is 1.99. The van der Waals surface area contributed by atoms with Crippen LogP contribution in [0.4, 0.5) is 23.0 Å². The van der Waals surface area contributed by atoms with Crippen LogP contribution in [0.3, 0.4) is 0 Å². The smallest absolute Gasteiger partial charge is 0.220 e. The van der Waals surface area contributed by atoms with Gasteiger partial charge in [0, 0.05) is 44.5 Å². The molecule has 0 aliphatic carbocycles. The van der Waals surface area contributed by atoms with Gasteiger partial charge in [-0.1, -0.05) is 6.07 Å². The Bertz CT molecular complexity index is 723. The van der Waals surface area contributed by atoms with Crippen LogP contribution in [0.1, 0.15) is 12.8 Å². The van der Waals surface area contributed by atoms with Crippen LogP contribution in [0.5, 0.6) is 0 Å². The van der Waals surface area contributed by atoms with E-state index in [9.17, 15) is 4.79 Å². The van der Waals surface area contributed by atoms with Gasteiger partial charge in [0.1, 0.15) is 0 Å². The van der Waals surface area contributed by atoms with Gasteiger partial charge < -0.3 is 20.9 Å². The summed E-state index contributed by atoms with van der Waals surface area (Å²) in [6.07, 6.45) is 1.54. The Labute approximate surface area is 147 Å². The molecule has 1 aliphatic rings. The van der Waals surface area contributed by atoms with E-state index in [0.29, 0.717) is 5.82 Å². The maximum atomic E-state index is 11.2. The van der Waals surface area contributed by atoms with Gasteiger partial charge in [-0.15, -0.1) is 10.2 Å². The summed E-state index contributed by atoms with van der Waals surface area (Å²) in [5.41, 5.74) is 7.46. The molecule has 0 bridgehead atoms. The molecule has 0 saturated carbocycles. The van der Waals surface area contributed by atoms with Gasteiger partial charge in [0.15, 0.2) is 11.6 Å². The van der Waals surface area contributed by atoms with Gasteiger partial charge >= 0.3 is 0 Å². The average molecular weight is 340 g/mol. The second-order valence-corrected chi connectivity index (χ2v) is 6.51. The molecule has 1 aromatic carbocycles. The van der Waals surface area contributed by atoms with Gasteiger partial charge in [0.05, 0.1) is 0 Å². The lowest BCUT2D eigenvalue weighted by atomic mass is 9.96. The van der Waals surface area contributed by atoms with E-state index in [1.807, 2.05) is 38.4 Å². The molecule has 0 atom stereocenters. The highest BCUT2D eigenvalue weighted by Crippen LogP contribution is 2.23. The highest BCUT2D eigenvalue weighted by Gasteiger charge is 2.23. The van der Waals surface area contributed by atoms with Crippen molar-refractivity contribution in [3.05, 3.63) is 36.4 Å². The van der Waals surface area contributed by atoms with Gasteiger partial charge in [0.2, 0.25) is 5.91 Å². The first kappa shape index (κ1) is 17.0. The van der Waals surface area contributed by atoms with E-state index >= 15 is 0 Å². The third-order valence-corrected chi connectivity index (χ3v) is 4.51. The minimum atomic E-state index is -0.203. The Morgan fingerprint density at radius 2 is 1.96 bits per heavy atom. The molecule has 0 spiro atoms. The number of rotatable bonds is 5. The summed E-state index contributed by atoms with van der Waals surface area (Å²) in [4.78, 5) is 15.4. The van der Waals surface area contributed by atoms with Crippen LogP contribution in [0, 0.1) is 5.92 Å². The van der Waals surface area contributed by atoms with Crippen molar-refractivity contribution in [2.45, 2.75) is 12.8 Å². The zero-order valence-corrected chi connectivity index (χ0v) is 14.6. The highest BCUT2D eigenvalue weighted by atomic mass is 16.1. The van der Waals surface area contributed by atoms with Crippen LogP contribution in [-0.2, 0) is 4.79 Å². The molecule has 132 valence electrons. The van der Waals surface area contributed by atoms with Crippen LogP contribution in [0.15, 0.2) is 36.4 Å². The van der Waals surface area contributed by atoms with E-state index in [-0.39, 0.29) is 11.8 Å². The summed E-state index contributed by atoms with van der Waals surface area (Å²) in [7, 11) is 4.02. The topological polar surface area (TPSA) is 87.4 Å². The molecule has 1 saturated heterocycles. The summed E-state index contributed by atoms with van der Waals surface area (Å²) in [5, 5.41) is 11.9. The SMILES string of the molecule is CN(C)c1cccc(Nc2ccc(N3CCC(C(N)=O)CC3)nn2)c1. The number of nitrogens with one attached hydrogen (secondary N) is 1. The van der Waals surface area contributed by atoms with Crippen molar-refractivity contribution >= 4 is 28.9 Å². The lowest BCUT2D eigenvalue weighted by Crippen LogP contribution is -2.39. The standard InChI is InChI=1S/C18H24N6O/c1-23(2)15-5-3-4-14(12-15)20-16-6-7-17(22-21-16)24-10-8-13(9-11-24)18(19)25/h3-7,12-13H,8-11H2,1-2H3,(H2,19,25)(H,20,21). The van der Waals surface area contributed by atoms with E-state index in [4.69, 9.17) is 5.73 Å². The number of carbonyl (C=O) groups excluding carboxylic acids is 1. The van der Waals surface area contributed by atoms with Crippen molar-refractivity contribution in [1.29, 1.82) is 0 Å². The van der Waals surface area contributed by atoms with Gasteiger partial charge in [-0.3, -0.25) is 4.79 Å². The van der Waals surface area contributed by atoms with Crippen molar-refractivity contribution in [2.75, 3.05) is 42.3 Å². The number of amides is 1. The Morgan fingerprint density at radius 1 is 1.20 bits per heavy atom. The summed E-state index contributed by atoms with van der Waals surface area (Å²) in [6, 6.07) is 12.0. The molecule has 3 rings (SSSR count). The van der Waals surface area contributed by atoms with Crippen LogP contribution < -0.4 is 20.9 Å². The molecule has 25 heavy (non-hydrogen) atoms. The minimum absolute atomic E-state index is 0.0193. The summed E-state index contributed by atoms with van der Waals surface area (Å²) in [5.74, 6) is 1.31. The molecule has 0 unspecified atom stereocenters. The van der Waals surface area contributed by atoms with Crippen LogP contribution >= 0.6 is 0 Å². The van der Waals surface area contributed by atoms with Crippen LogP contribution in [-0.4, -0.2) is 43.3 Å². The van der Waals surface area contributed by atoms with Crippen LogP contribution in [0.25, 0.3) is 0 Å². The Kier molecular flexibility index (Phi) is 5.02. The Balaban J connectivity index is 1.63. The number of primary amides is 1. The predicted molar refractivity (Wildman–Crippen MR) is 100 cm³/mol. The van der Waals surface area contributed by atoms with Gasteiger partial charge in [-0.05, 0) is 43.2 Å². The number of hydrogen-bond donors (Lipinski definition) is 2. The number of anilines is 4. The second kappa shape index (κ2) is 7.38. The van der Waals surface area contributed by atoms with E-state index < -0.39 is 0 Å². The summed E-state index contributed by atoms with van der Waals surface area (Å²) in [6.45, 7) is 1.56. The molecule has 7 heteroatoms.